The Morgan fingerprint density at radius 2 is 2.28 bits per heavy atom. The van der Waals surface area contributed by atoms with Crippen molar-refractivity contribution >= 4 is 11.6 Å². The van der Waals surface area contributed by atoms with Crippen LogP contribution in [0, 0.1) is 0 Å². The molecule has 5 heteroatoms. The average Bonchev–Trinajstić information content (AvgIpc) is 2.73. The monoisotopic (exact) mass is 239 g/mol. The van der Waals surface area contributed by atoms with Crippen molar-refractivity contribution in [2.24, 2.45) is 0 Å². The molecule has 5 nitrogen and oxygen atoms in total. The molecule has 0 aliphatic carbocycles. The van der Waals surface area contributed by atoms with Crippen LogP contribution in [-0.2, 0) is 6.54 Å². The summed E-state index contributed by atoms with van der Waals surface area (Å²) in [7, 11) is 0. The maximum absolute atomic E-state index is 12.5. The molecule has 2 bridgehead atoms. The summed E-state index contributed by atoms with van der Waals surface area (Å²) >= 11 is 0. The highest BCUT2D eigenvalue weighted by molar-refractivity contribution is 6.02. The van der Waals surface area contributed by atoms with Gasteiger partial charge in [-0.05, 0) is 24.3 Å². The number of aromatic amines is 1. The van der Waals surface area contributed by atoms with E-state index in [0.29, 0.717) is 18.0 Å². The molecular formula is C13H9N3O2. The molecule has 2 aromatic rings. The SMILES string of the molecule is O=C1c2cccnc2OC=C2c3ccc([nH]3)CN12. The third-order valence-electron chi connectivity index (χ3n) is 3.17. The zero-order valence-corrected chi connectivity index (χ0v) is 9.38. The lowest BCUT2D eigenvalue weighted by Gasteiger charge is -2.25. The molecule has 88 valence electrons. The van der Waals surface area contributed by atoms with Crippen LogP contribution in [-0.4, -0.2) is 20.8 Å². The van der Waals surface area contributed by atoms with Crippen LogP contribution in [0.2, 0.25) is 0 Å². The maximum Gasteiger partial charge on any atom is 0.264 e. The van der Waals surface area contributed by atoms with Crippen molar-refractivity contribution in [1.29, 1.82) is 0 Å². The van der Waals surface area contributed by atoms with Crippen LogP contribution < -0.4 is 4.74 Å². The Labute approximate surface area is 103 Å². The highest BCUT2D eigenvalue weighted by Gasteiger charge is 2.31. The summed E-state index contributed by atoms with van der Waals surface area (Å²) in [6.45, 7) is 0.530. The van der Waals surface area contributed by atoms with Crippen molar-refractivity contribution in [3.8, 4) is 5.88 Å². The Hall–Kier alpha value is -2.56. The van der Waals surface area contributed by atoms with Crippen LogP contribution in [0.4, 0.5) is 0 Å². The van der Waals surface area contributed by atoms with Gasteiger partial charge in [0.2, 0.25) is 5.88 Å². The van der Waals surface area contributed by atoms with Gasteiger partial charge in [0.05, 0.1) is 12.2 Å². The third-order valence-corrected chi connectivity index (χ3v) is 3.17. The van der Waals surface area contributed by atoms with Gasteiger partial charge in [-0.25, -0.2) is 4.98 Å². The average molecular weight is 239 g/mol. The van der Waals surface area contributed by atoms with Crippen LogP contribution in [0.5, 0.6) is 5.88 Å². The topological polar surface area (TPSA) is 58.2 Å². The number of rotatable bonds is 0. The second-order valence-electron chi connectivity index (χ2n) is 4.27. The van der Waals surface area contributed by atoms with Gasteiger partial charge in [0, 0.05) is 11.9 Å². The van der Waals surface area contributed by atoms with Crippen LogP contribution in [0.15, 0.2) is 36.7 Å². The molecule has 0 spiro atoms. The zero-order valence-electron chi connectivity index (χ0n) is 9.38. The molecule has 0 atom stereocenters. The Kier molecular flexibility index (Phi) is 1.70. The number of carbonyl (C=O) groups excluding carboxylic acids is 1. The lowest BCUT2D eigenvalue weighted by atomic mass is 10.2. The number of nitrogens with zero attached hydrogens (tertiary/aromatic N) is 2. The van der Waals surface area contributed by atoms with Gasteiger partial charge in [0.1, 0.15) is 17.5 Å². The van der Waals surface area contributed by atoms with Gasteiger partial charge >= 0.3 is 0 Å². The predicted octanol–water partition coefficient (Wildman–Crippen LogP) is 1.76. The lowest BCUT2D eigenvalue weighted by molar-refractivity contribution is 0.0824. The minimum atomic E-state index is -0.0814. The molecule has 2 aliphatic rings. The van der Waals surface area contributed by atoms with Crippen LogP contribution >= 0.6 is 0 Å². The van der Waals surface area contributed by atoms with Gasteiger partial charge in [-0.3, -0.25) is 9.69 Å². The van der Waals surface area contributed by atoms with E-state index in [2.05, 4.69) is 9.97 Å². The number of nitrogens with one attached hydrogen (secondary N) is 1. The number of carbonyl (C=O) groups is 1. The predicted molar refractivity (Wildman–Crippen MR) is 63.5 cm³/mol. The number of fused-ring (bicyclic) bond motifs is 5. The molecule has 0 saturated carbocycles. The van der Waals surface area contributed by atoms with Gasteiger partial charge in [0.25, 0.3) is 5.91 Å². The first kappa shape index (κ1) is 9.47. The third kappa shape index (κ3) is 1.15. The first-order valence-electron chi connectivity index (χ1n) is 5.65. The second-order valence-corrected chi connectivity index (χ2v) is 4.27. The molecule has 4 rings (SSSR count). The highest BCUT2D eigenvalue weighted by Crippen LogP contribution is 2.32. The van der Waals surface area contributed by atoms with E-state index in [1.165, 1.54) is 0 Å². The van der Waals surface area contributed by atoms with E-state index in [9.17, 15) is 4.79 Å². The fraction of sp³-hybridized carbons (Fsp3) is 0.0769. The number of hydrogen-bond acceptors (Lipinski definition) is 3. The molecule has 2 aliphatic heterocycles. The molecule has 0 unspecified atom stereocenters. The van der Waals surface area contributed by atoms with E-state index in [1.54, 1.807) is 29.5 Å². The summed E-state index contributed by atoms with van der Waals surface area (Å²) < 4.78 is 5.50. The molecule has 2 aromatic heterocycles. The number of aromatic nitrogens is 2. The Morgan fingerprint density at radius 1 is 1.33 bits per heavy atom. The van der Waals surface area contributed by atoms with E-state index < -0.39 is 0 Å². The number of ether oxygens (including phenoxy) is 1. The summed E-state index contributed by atoms with van der Waals surface area (Å²) in [5, 5.41) is 0. The van der Waals surface area contributed by atoms with Gasteiger partial charge in [0.15, 0.2) is 0 Å². The molecule has 4 heterocycles. The first-order chi connectivity index (χ1) is 8.83. The Balaban J connectivity index is 1.90. The fourth-order valence-electron chi connectivity index (χ4n) is 2.30. The van der Waals surface area contributed by atoms with Crippen molar-refractivity contribution in [2.75, 3.05) is 0 Å². The smallest absolute Gasteiger partial charge is 0.264 e. The number of amides is 1. The highest BCUT2D eigenvalue weighted by atomic mass is 16.5. The molecule has 0 saturated heterocycles. The van der Waals surface area contributed by atoms with Crippen molar-refractivity contribution in [2.45, 2.75) is 6.54 Å². The number of hydrogen-bond donors (Lipinski definition) is 1. The second kappa shape index (κ2) is 3.22. The normalized spacial score (nSPS) is 16.3. The zero-order chi connectivity index (χ0) is 12.1. The van der Waals surface area contributed by atoms with Crippen molar-refractivity contribution in [3.05, 3.63) is 53.7 Å². The molecule has 1 amide bonds. The minimum Gasteiger partial charge on any atom is -0.444 e. The van der Waals surface area contributed by atoms with Crippen LogP contribution in [0.1, 0.15) is 21.7 Å². The minimum absolute atomic E-state index is 0.0814. The largest absolute Gasteiger partial charge is 0.444 e. The number of H-pyrrole nitrogens is 1. The molecule has 0 radical (unpaired) electrons. The van der Waals surface area contributed by atoms with E-state index in [1.807, 2.05) is 12.1 Å². The van der Waals surface area contributed by atoms with Gasteiger partial charge in [-0.2, -0.15) is 0 Å². The van der Waals surface area contributed by atoms with Gasteiger partial charge in [-0.15, -0.1) is 0 Å². The van der Waals surface area contributed by atoms with E-state index in [4.69, 9.17) is 4.74 Å². The van der Waals surface area contributed by atoms with Crippen molar-refractivity contribution in [3.63, 3.8) is 0 Å². The molecule has 0 fully saturated rings. The first-order valence-corrected chi connectivity index (χ1v) is 5.65. The standard InChI is InChI=1S/C13H9N3O2/c17-13-9-2-1-5-14-12(9)18-7-11-10-4-3-8(15-10)6-16(11)13/h1-5,7,15H,6H2. The van der Waals surface area contributed by atoms with Crippen LogP contribution in [0.3, 0.4) is 0 Å². The summed E-state index contributed by atoms with van der Waals surface area (Å²) in [5.74, 6) is 0.275. The summed E-state index contributed by atoms with van der Waals surface area (Å²) in [5.41, 5.74) is 3.14. The molecule has 18 heavy (non-hydrogen) atoms. The van der Waals surface area contributed by atoms with E-state index in [-0.39, 0.29) is 5.91 Å². The van der Waals surface area contributed by atoms with Crippen molar-refractivity contribution < 1.29 is 9.53 Å². The molecule has 1 N–H and O–H groups in total. The fourth-order valence-corrected chi connectivity index (χ4v) is 2.30. The Morgan fingerprint density at radius 3 is 3.22 bits per heavy atom. The molecular weight excluding hydrogens is 230 g/mol. The number of pyridine rings is 1. The summed E-state index contributed by atoms with van der Waals surface area (Å²) in [6, 6.07) is 7.39. The summed E-state index contributed by atoms with van der Waals surface area (Å²) in [4.78, 5) is 21.5. The van der Waals surface area contributed by atoms with Gasteiger partial charge < -0.3 is 9.72 Å². The van der Waals surface area contributed by atoms with Crippen LogP contribution in [0.25, 0.3) is 5.70 Å². The maximum atomic E-state index is 12.5. The van der Waals surface area contributed by atoms with E-state index in [0.717, 1.165) is 17.1 Å². The summed E-state index contributed by atoms with van der Waals surface area (Å²) in [6.07, 6.45) is 3.19. The van der Waals surface area contributed by atoms with E-state index >= 15 is 0 Å². The quantitative estimate of drug-likeness (QED) is 0.762. The lowest BCUT2D eigenvalue weighted by Crippen LogP contribution is -2.30. The molecule has 0 aromatic carbocycles. The Bertz CT molecular complexity index is 687. The van der Waals surface area contributed by atoms with Gasteiger partial charge in [-0.1, -0.05) is 0 Å². The van der Waals surface area contributed by atoms with Crippen molar-refractivity contribution in [1.82, 2.24) is 14.9 Å².